The van der Waals surface area contributed by atoms with E-state index in [0.29, 0.717) is 31.1 Å². The lowest BCUT2D eigenvalue weighted by Crippen LogP contribution is -2.52. The highest BCUT2D eigenvalue weighted by Gasteiger charge is 2.29. The molecule has 0 heterocycles. The van der Waals surface area contributed by atoms with E-state index in [9.17, 15) is 9.59 Å². The van der Waals surface area contributed by atoms with Crippen LogP contribution < -0.4 is 10.1 Å². The predicted molar refractivity (Wildman–Crippen MR) is 125 cm³/mol. The molecule has 0 saturated carbocycles. The Morgan fingerprint density at radius 3 is 2.23 bits per heavy atom. The van der Waals surface area contributed by atoms with Crippen LogP contribution in [0.15, 0.2) is 54.6 Å². The first kappa shape index (κ1) is 24.4. The van der Waals surface area contributed by atoms with Crippen molar-refractivity contribution in [1.29, 1.82) is 0 Å². The minimum absolute atomic E-state index is 0.0156. The van der Waals surface area contributed by atoms with Crippen LogP contribution in [0.1, 0.15) is 58.1 Å². The first-order valence-corrected chi connectivity index (χ1v) is 11.2. The molecule has 0 fully saturated rings. The standard InChI is InChI=1S/C26H36N2O3/c1-6-23(26(30)27-20(4)5)28(17-16-21-12-8-7-9-13-21)25(29)18-31-24-15-11-10-14-22(24)19(2)3/h7-15,19-20,23H,6,16-18H2,1-5H3,(H,27,30)/t23-/m1/s1. The van der Waals surface area contributed by atoms with Crippen molar-refractivity contribution < 1.29 is 14.3 Å². The minimum atomic E-state index is -0.525. The summed E-state index contributed by atoms with van der Waals surface area (Å²) < 4.78 is 5.93. The molecule has 1 N–H and O–H groups in total. The van der Waals surface area contributed by atoms with Crippen molar-refractivity contribution >= 4 is 11.8 Å². The van der Waals surface area contributed by atoms with Gasteiger partial charge in [0.15, 0.2) is 6.61 Å². The maximum atomic E-state index is 13.2. The molecule has 2 aromatic rings. The summed E-state index contributed by atoms with van der Waals surface area (Å²) in [4.78, 5) is 27.7. The van der Waals surface area contributed by atoms with E-state index < -0.39 is 6.04 Å². The number of amides is 2. The van der Waals surface area contributed by atoms with Gasteiger partial charge in [-0.15, -0.1) is 0 Å². The molecule has 0 spiro atoms. The van der Waals surface area contributed by atoms with E-state index in [2.05, 4.69) is 19.2 Å². The van der Waals surface area contributed by atoms with Crippen molar-refractivity contribution in [2.24, 2.45) is 0 Å². The van der Waals surface area contributed by atoms with E-state index in [1.807, 2.05) is 75.4 Å². The summed E-state index contributed by atoms with van der Waals surface area (Å²) in [7, 11) is 0. The second-order valence-corrected chi connectivity index (χ2v) is 8.39. The number of carbonyl (C=O) groups is 2. The lowest BCUT2D eigenvalue weighted by atomic mass is 10.0. The van der Waals surface area contributed by atoms with Crippen LogP contribution in [0.4, 0.5) is 0 Å². The van der Waals surface area contributed by atoms with Crippen molar-refractivity contribution in [2.45, 2.75) is 65.5 Å². The summed E-state index contributed by atoms with van der Waals surface area (Å²) >= 11 is 0. The fourth-order valence-corrected chi connectivity index (χ4v) is 3.59. The van der Waals surface area contributed by atoms with Crippen LogP contribution in [0.25, 0.3) is 0 Å². The van der Waals surface area contributed by atoms with E-state index >= 15 is 0 Å². The molecule has 1 atom stereocenters. The third-order valence-corrected chi connectivity index (χ3v) is 5.19. The topological polar surface area (TPSA) is 58.6 Å². The number of carbonyl (C=O) groups excluding carboxylic acids is 2. The van der Waals surface area contributed by atoms with E-state index in [-0.39, 0.29) is 24.5 Å². The molecule has 0 bridgehead atoms. The van der Waals surface area contributed by atoms with Gasteiger partial charge in [-0.1, -0.05) is 69.3 Å². The van der Waals surface area contributed by atoms with Crippen LogP contribution in [-0.2, 0) is 16.0 Å². The lowest BCUT2D eigenvalue weighted by molar-refractivity contribution is -0.142. The van der Waals surface area contributed by atoms with Crippen LogP contribution in [-0.4, -0.2) is 41.9 Å². The highest BCUT2D eigenvalue weighted by Crippen LogP contribution is 2.26. The van der Waals surface area contributed by atoms with E-state index in [0.717, 1.165) is 11.1 Å². The molecule has 0 saturated heterocycles. The molecule has 2 rings (SSSR count). The zero-order valence-electron chi connectivity index (χ0n) is 19.4. The SMILES string of the molecule is CC[C@H](C(=O)NC(C)C)N(CCc1ccccc1)C(=O)COc1ccccc1C(C)C. The summed E-state index contributed by atoms with van der Waals surface area (Å²) in [5.74, 6) is 0.705. The van der Waals surface area contributed by atoms with Crippen LogP contribution >= 0.6 is 0 Å². The van der Waals surface area contributed by atoms with Crippen LogP contribution in [0, 0.1) is 0 Å². The molecule has 2 amide bonds. The fourth-order valence-electron chi connectivity index (χ4n) is 3.59. The Morgan fingerprint density at radius 1 is 0.968 bits per heavy atom. The third kappa shape index (κ3) is 7.42. The summed E-state index contributed by atoms with van der Waals surface area (Å²) in [5.41, 5.74) is 2.20. The zero-order chi connectivity index (χ0) is 22.8. The normalized spacial score (nSPS) is 12.0. The molecule has 0 aliphatic carbocycles. The number of hydrogen-bond acceptors (Lipinski definition) is 3. The molecular formula is C26H36N2O3. The quantitative estimate of drug-likeness (QED) is 0.575. The van der Waals surface area contributed by atoms with E-state index in [1.165, 1.54) is 0 Å². The average molecular weight is 425 g/mol. The predicted octanol–water partition coefficient (Wildman–Crippen LogP) is 4.56. The molecule has 0 radical (unpaired) electrons. The van der Waals surface area contributed by atoms with Gasteiger partial charge in [0, 0.05) is 12.6 Å². The van der Waals surface area contributed by atoms with Crippen LogP contribution in [0.5, 0.6) is 5.75 Å². The smallest absolute Gasteiger partial charge is 0.261 e. The number of rotatable bonds is 11. The summed E-state index contributed by atoms with van der Waals surface area (Å²) in [6.07, 6.45) is 1.22. The van der Waals surface area contributed by atoms with Crippen molar-refractivity contribution in [3.63, 3.8) is 0 Å². The van der Waals surface area contributed by atoms with Gasteiger partial charge >= 0.3 is 0 Å². The Hall–Kier alpha value is -2.82. The molecule has 5 heteroatoms. The molecule has 168 valence electrons. The summed E-state index contributed by atoms with van der Waals surface area (Å²) in [5, 5.41) is 2.95. The van der Waals surface area contributed by atoms with Gasteiger partial charge in [0.05, 0.1) is 0 Å². The summed E-state index contributed by atoms with van der Waals surface area (Å²) in [6.45, 7) is 10.3. The van der Waals surface area contributed by atoms with Gasteiger partial charge < -0.3 is 15.0 Å². The first-order chi connectivity index (χ1) is 14.8. The maximum absolute atomic E-state index is 13.2. The Labute approximate surface area is 186 Å². The van der Waals surface area contributed by atoms with E-state index in [1.54, 1.807) is 4.90 Å². The second-order valence-electron chi connectivity index (χ2n) is 8.39. The molecule has 2 aromatic carbocycles. The Kier molecular flexibility index (Phi) is 9.57. The Morgan fingerprint density at radius 2 is 1.61 bits per heavy atom. The number of para-hydroxylation sites is 1. The third-order valence-electron chi connectivity index (χ3n) is 5.19. The molecule has 0 aromatic heterocycles. The van der Waals surface area contributed by atoms with Gasteiger partial charge in [-0.3, -0.25) is 9.59 Å². The van der Waals surface area contributed by atoms with Crippen molar-refractivity contribution in [2.75, 3.05) is 13.2 Å². The molecule has 0 aliphatic heterocycles. The first-order valence-electron chi connectivity index (χ1n) is 11.2. The fraction of sp³-hybridized carbons (Fsp3) is 0.462. The van der Waals surface area contributed by atoms with Gasteiger partial charge in [-0.05, 0) is 49.8 Å². The van der Waals surface area contributed by atoms with Crippen molar-refractivity contribution in [3.8, 4) is 5.75 Å². The monoisotopic (exact) mass is 424 g/mol. The molecule has 0 unspecified atom stereocenters. The maximum Gasteiger partial charge on any atom is 0.261 e. The number of benzene rings is 2. The lowest BCUT2D eigenvalue weighted by Gasteiger charge is -2.31. The second kappa shape index (κ2) is 12.1. The van der Waals surface area contributed by atoms with Crippen molar-refractivity contribution in [3.05, 3.63) is 65.7 Å². The minimum Gasteiger partial charge on any atom is -0.483 e. The van der Waals surface area contributed by atoms with Gasteiger partial charge in [0.25, 0.3) is 5.91 Å². The van der Waals surface area contributed by atoms with Gasteiger partial charge in [-0.2, -0.15) is 0 Å². The van der Waals surface area contributed by atoms with E-state index in [4.69, 9.17) is 4.74 Å². The number of nitrogens with zero attached hydrogens (tertiary/aromatic N) is 1. The zero-order valence-corrected chi connectivity index (χ0v) is 19.4. The summed E-state index contributed by atoms with van der Waals surface area (Å²) in [6, 6.07) is 17.3. The highest BCUT2D eigenvalue weighted by molar-refractivity contribution is 5.88. The van der Waals surface area contributed by atoms with Gasteiger partial charge in [0.2, 0.25) is 5.91 Å². The molecule has 31 heavy (non-hydrogen) atoms. The average Bonchev–Trinajstić information content (AvgIpc) is 2.75. The van der Waals surface area contributed by atoms with Crippen LogP contribution in [0.2, 0.25) is 0 Å². The number of ether oxygens (including phenoxy) is 1. The highest BCUT2D eigenvalue weighted by atomic mass is 16.5. The molecular weight excluding hydrogens is 388 g/mol. The van der Waals surface area contributed by atoms with Gasteiger partial charge in [-0.25, -0.2) is 0 Å². The van der Waals surface area contributed by atoms with Crippen LogP contribution in [0.3, 0.4) is 0 Å². The Bertz CT molecular complexity index is 834. The molecule has 0 aliphatic rings. The molecule has 5 nitrogen and oxygen atoms in total. The number of hydrogen-bond donors (Lipinski definition) is 1. The largest absolute Gasteiger partial charge is 0.483 e. The number of nitrogens with one attached hydrogen (secondary N) is 1. The van der Waals surface area contributed by atoms with Gasteiger partial charge in [0.1, 0.15) is 11.8 Å². The Balaban J connectivity index is 2.17. The van der Waals surface area contributed by atoms with Crippen molar-refractivity contribution in [1.82, 2.24) is 10.2 Å².